The molecule has 7 nitrogen and oxygen atoms in total. The molecule has 1 aliphatic rings. The Hall–Kier alpha value is -2.90. The van der Waals surface area contributed by atoms with Gasteiger partial charge in [0.1, 0.15) is 11.4 Å². The monoisotopic (exact) mass is 428 g/mol. The number of benzene rings is 1. The van der Waals surface area contributed by atoms with Crippen LogP contribution in [0.4, 0.5) is 0 Å². The van der Waals surface area contributed by atoms with Crippen LogP contribution < -0.4 is 15.4 Å². The van der Waals surface area contributed by atoms with E-state index < -0.39 is 5.60 Å². The SMILES string of the molecule is Cc1ccc(OC2(C(=O)NCc3cc(-c4cccnc4)no3)CCNCC2)cc1.Cl. The Kier molecular flexibility index (Phi) is 7.07. The molecule has 2 aromatic heterocycles. The minimum atomic E-state index is -0.896. The third-order valence-electron chi connectivity index (χ3n) is 5.10. The number of pyridine rings is 1. The molecule has 158 valence electrons. The molecule has 0 unspecified atom stereocenters. The van der Waals surface area contributed by atoms with Gasteiger partial charge in [0.2, 0.25) is 0 Å². The Balaban J connectivity index is 0.00000256. The first-order valence-electron chi connectivity index (χ1n) is 9.75. The molecular weight excluding hydrogens is 404 g/mol. The fourth-order valence-corrected chi connectivity index (χ4v) is 3.41. The maximum absolute atomic E-state index is 13.1. The van der Waals surface area contributed by atoms with Crippen molar-refractivity contribution < 1.29 is 14.1 Å². The lowest BCUT2D eigenvalue weighted by atomic mass is 9.90. The Morgan fingerprint density at radius 3 is 2.70 bits per heavy atom. The normalized spacial score (nSPS) is 15.1. The van der Waals surface area contributed by atoms with Crippen molar-refractivity contribution in [3.05, 3.63) is 66.2 Å². The highest BCUT2D eigenvalue weighted by molar-refractivity contribution is 5.86. The molecule has 1 amide bonds. The van der Waals surface area contributed by atoms with Gasteiger partial charge in [-0.25, -0.2) is 0 Å². The molecule has 3 aromatic rings. The summed E-state index contributed by atoms with van der Waals surface area (Å²) in [5.74, 6) is 1.14. The summed E-state index contributed by atoms with van der Waals surface area (Å²) in [6, 6.07) is 13.3. The average molecular weight is 429 g/mol. The summed E-state index contributed by atoms with van der Waals surface area (Å²) in [5.41, 5.74) is 1.81. The number of aryl methyl sites for hydroxylation is 1. The molecule has 1 saturated heterocycles. The molecule has 0 atom stereocenters. The van der Waals surface area contributed by atoms with Crippen molar-refractivity contribution in [1.29, 1.82) is 0 Å². The van der Waals surface area contributed by atoms with Crippen LogP contribution in [0.1, 0.15) is 24.2 Å². The highest BCUT2D eigenvalue weighted by atomic mass is 35.5. The molecule has 0 bridgehead atoms. The smallest absolute Gasteiger partial charge is 0.264 e. The van der Waals surface area contributed by atoms with E-state index >= 15 is 0 Å². The van der Waals surface area contributed by atoms with Gasteiger partial charge in [-0.05, 0) is 44.3 Å². The zero-order valence-electron chi connectivity index (χ0n) is 16.8. The second-order valence-corrected chi connectivity index (χ2v) is 7.26. The van der Waals surface area contributed by atoms with E-state index in [0.717, 1.165) is 24.2 Å². The largest absolute Gasteiger partial charge is 0.477 e. The van der Waals surface area contributed by atoms with Crippen molar-refractivity contribution in [3.8, 4) is 17.0 Å². The summed E-state index contributed by atoms with van der Waals surface area (Å²) >= 11 is 0. The van der Waals surface area contributed by atoms with E-state index in [4.69, 9.17) is 9.26 Å². The Labute approximate surface area is 181 Å². The van der Waals surface area contributed by atoms with Crippen molar-refractivity contribution in [3.63, 3.8) is 0 Å². The first-order valence-corrected chi connectivity index (χ1v) is 9.75. The van der Waals surface area contributed by atoms with Gasteiger partial charge in [0.05, 0.1) is 6.54 Å². The van der Waals surface area contributed by atoms with Crippen LogP contribution in [0.3, 0.4) is 0 Å². The van der Waals surface area contributed by atoms with E-state index in [0.29, 0.717) is 30.0 Å². The fraction of sp³-hybridized carbons (Fsp3) is 0.318. The Morgan fingerprint density at radius 1 is 1.23 bits per heavy atom. The molecular formula is C22H25ClN4O3. The van der Waals surface area contributed by atoms with Gasteiger partial charge in [-0.1, -0.05) is 22.9 Å². The summed E-state index contributed by atoms with van der Waals surface area (Å²) < 4.78 is 11.6. The van der Waals surface area contributed by atoms with Crippen molar-refractivity contribution in [2.75, 3.05) is 13.1 Å². The zero-order valence-corrected chi connectivity index (χ0v) is 17.6. The van der Waals surface area contributed by atoms with Crippen LogP contribution in [0.5, 0.6) is 5.75 Å². The summed E-state index contributed by atoms with van der Waals surface area (Å²) in [6.07, 6.45) is 4.63. The molecule has 1 aromatic carbocycles. The van der Waals surface area contributed by atoms with Crippen LogP contribution in [-0.4, -0.2) is 34.7 Å². The summed E-state index contributed by atoms with van der Waals surface area (Å²) in [5, 5.41) is 10.3. The van der Waals surface area contributed by atoms with E-state index in [-0.39, 0.29) is 24.9 Å². The topological polar surface area (TPSA) is 89.3 Å². The second-order valence-electron chi connectivity index (χ2n) is 7.26. The molecule has 30 heavy (non-hydrogen) atoms. The number of carbonyl (C=O) groups is 1. The number of halogens is 1. The first kappa shape index (κ1) is 21.8. The van der Waals surface area contributed by atoms with Gasteiger partial charge in [0.25, 0.3) is 5.91 Å². The quantitative estimate of drug-likeness (QED) is 0.626. The lowest BCUT2D eigenvalue weighted by Gasteiger charge is -2.36. The van der Waals surface area contributed by atoms with E-state index in [2.05, 4.69) is 20.8 Å². The van der Waals surface area contributed by atoms with Crippen LogP contribution >= 0.6 is 12.4 Å². The molecule has 4 rings (SSSR count). The Bertz CT molecular complexity index is 954. The number of amides is 1. The molecule has 0 spiro atoms. The molecule has 8 heteroatoms. The fourth-order valence-electron chi connectivity index (χ4n) is 3.41. The van der Waals surface area contributed by atoms with Crippen molar-refractivity contribution >= 4 is 18.3 Å². The van der Waals surface area contributed by atoms with E-state index in [1.54, 1.807) is 12.4 Å². The Morgan fingerprint density at radius 2 is 2.00 bits per heavy atom. The van der Waals surface area contributed by atoms with Gasteiger partial charge < -0.3 is 19.9 Å². The van der Waals surface area contributed by atoms with Crippen LogP contribution in [0, 0.1) is 6.92 Å². The molecule has 0 aliphatic carbocycles. The number of hydrogen-bond acceptors (Lipinski definition) is 6. The highest BCUT2D eigenvalue weighted by Crippen LogP contribution is 2.27. The van der Waals surface area contributed by atoms with Crippen molar-refractivity contribution in [2.45, 2.75) is 31.9 Å². The van der Waals surface area contributed by atoms with E-state index in [1.807, 2.05) is 49.4 Å². The van der Waals surface area contributed by atoms with Gasteiger partial charge >= 0.3 is 0 Å². The molecule has 1 fully saturated rings. The standard InChI is InChI=1S/C22H24N4O3.ClH/c1-16-4-6-18(7-5-16)28-22(8-11-23-12-9-22)21(27)25-15-19-13-20(26-29-19)17-3-2-10-24-14-17;/h2-7,10,13-14,23H,8-9,11-12,15H2,1H3,(H,25,27);1H. The number of ether oxygens (including phenoxy) is 1. The maximum Gasteiger partial charge on any atom is 0.264 e. The minimum Gasteiger partial charge on any atom is -0.477 e. The van der Waals surface area contributed by atoms with Gasteiger partial charge in [-0.2, -0.15) is 0 Å². The number of rotatable bonds is 6. The number of carbonyl (C=O) groups excluding carboxylic acids is 1. The van der Waals surface area contributed by atoms with Gasteiger partial charge in [-0.15, -0.1) is 12.4 Å². The average Bonchev–Trinajstić information content (AvgIpc) is 3.24. The predicted octanol–water partition coefficient (Wildman–Crippen LogP) is 3.28. The third-order valence-corrected chi connectivity index (χ3v) is 5.10. The van der Waals surface area contributed by atoms with Crippen LogP contribution in [0.25, 0.3) is 11.3 Å². The molecule has 2 N–H and O–H groups in total. The second kappa shape index (κ2) is 9.73. The van der Waals surface area contributed by atoms with E-state index in [1.165, 1.54) is 0 Å². The summed E-state index contributed by atoms with van der Waals surface area (Å²) in [4.78, 5) is 17.2. The molecule has 0 radical (unpaired) electrons. The zero-order chi connectivity index (χ0) is 20.1. The number of hydrogen-bond donors (Lipinski definition) is 2. The van der Waals surface area contributed by atoms with Gasteiger partial charge in [-0.3, -0.25) is 9.78 Å². The minimum absolute atomic E-state index is 0. The first-order chi connectivity index (χ1) is 14.1. The van der Waals surface area contributed by atoms with Gasteiger partial charge in [0, 0.05) is 36.9 Å². The number of nitrogens with one attached hydrogen (secondary N) is 2. The van der Waals surface area contributed by atoms with E-state index in [9.17, 15) is 4.79 Å². The van der Waals surface area contributed by atoms with Crippen LogP contribution in [0.2, 0.25) is 0 Å². The third kappa shape index (κ3) is 4.98. The lowest BCUT2D eigenvalue weighted by molar-refractivity contribution is -0.139. The predicted molar refractivity (Wildman–Crippen MR) is 115 cm³/mol. The highest BCUT2D eigenvalue weighted by Gasteiger charge is 2.42. The number of aromatic nitrogens is 2. The maximum atomic E-state index is 13.1. The summed E-state index contributed by atoms with van der Waals surface area (Å²) in [6.45, 7) is 3.73. The number of piperidine rings is 1. The summed E-state index contributed by atoms with van der Waals surface area (Å²) in [7, 11) is 0. The van der Waals surface area contributed by atoms with Crippen LogP contribution in [0.15, 0.2) is 59.4 Å². The molecule has 3 heterocycles. The van der Waals surface area contributed by atoms with Gasteiger partial charge in [0.15, 0.2) is 11.4 Å². The number of nitrogens with zero attached hydrogens (tertiary/aromatic N) is 2. The molecule has 0 saturated carbocycles. The molecule has 1 aliphatic heterocycles. The van der Waals surface area contributed by atoms with Crippen molar-refractivity contribution in [1.82, 2.24) is 20.8 Å². The van der Waals surface area contributed by atoms with Crippen LogP contribution in [-0.2, 0) is 11.3 Å². The van der Waals surface area contributed by atoms with Crippen molar-refractivity contribution in [2.24, 2.45) is 0 Å². The lowest BCUT2D eigenvalue weighted by Crippen LogP contribution is -2.56.